The number of aryl methyl sites for hydroxylation is 1. The summed E-state index contributed by atoms with van der Waals surface area (Å²) >= 11 is 6.23. The summed E-state index contributed by atoms with van der Waals surface area (Å²) in [4.78, 5) is 15.5. The van der Waals surface area contributed by atoms with Crippen LogP contribution < -0.4 is 15.4 Å². The second kappa shape index (κ2) is 6.59. The predicted molar refractivity (Wildman–Crippen MR) is 111 cm³/mol. The van der Waals surface area contributed by atoms with Crippen molar-refractivity contribution in [3.63, 3.8) is 0 Å². The standard InChI is InChI=1S/C22H15ClFN5O2/c1-11-18-20(28-27-11)31-19(26)14(9-25)22(18)13-5-2-3-8-17(13)29(21(22)30)10-12-15(23)6-4-7-16(12)24/h2-8H,10,26H2,1H3,(H,27,28). The second-order valence-electron chi connectivity index (χ2n) is 7.34. The van der Waals surface area contributed by atoms with Crippen molar-refractivity contribution in [2.75, 3.05) is 4.90 Å². The zero-order valence-corrected chi connectivity index (χ0v) is 17.0. The fraction of sp³-hybridized carbons (Fsp3) is 0.136. The zero-order chi connectivity index (χ0) is 21.9. The summed E-state index contributed by atoms with van der Waals surface area (Å²) in [5.74, 6) is -1.05. The molecule has 2 aliphatic rings. The van der Waals surface area contributed by atoms with Crippen molar-refractivity contribution < 1.29 is 13.9 Å². The molecular formula is C22H15ClFN5O2. The maximum atomic E-state index is 14.6. The number of anilines is 1. The molecule has 154 valence electrons. The van der Waals surface area contributed by atoms with Gasteiger partial charge in [-0.2, -0.15) is 5.26 Å². The summed E-state index contributed by atoms with van der Waals surface area (Å²) < 4.78 is 20.1. The number of aromatic amines is 1. The number of hydrogen-bond acceptors (Lipinski definition) is 5. The molecule has 1 amide bonds. The number of nitrogens with one attached hydrogen (secondary N) is 1. The molecular weight excluding hydrogens is 421 g/mol. The van der Waals surface area contributed by atoms with E-state index in [9.17, 15) is 14.4 Å². The molecule has 9 heteroatoms. The van der Waals surface area contributed by atoms with Crippen LogP contribution >= 0.6 is 11.6 Å². The Morgan fingerprint density at radius 3 is 2.84 bits per heavy atom. The number of benzene rings is 2. The summed E-state index contributed by atoms with van der Waals surface area (Å²) in [6, 6.07) is 13.4. The molecule has 3 N–H and O–H groups in total. The van der Waals surface area contributed by atoms with Crippen molar-refractivity contribution in [3.8, 4) is 11.9 Å². The van der Waals surface area contributed by atoms with Gasteiger partial charge in [-0.3, -0.25) is 9.89 Å². The van der Waals surface area contributed by atoms with E-state index in [4.69, 9.17) is 22.1 Å². The Morgan fingerprint density at radius 1 is 1.32 bits per heavy atom. The highest BCUT2D eigenvalue weighted by Crippen LogP contribution is 2.55. The maximum absolute atomic E-state index is 14.6. The van der Waals surface area contributed by atoms with Crippen LogP contribution in [0.2, 0.25) is 5.02 Å². The average Bonchev–Trinajstić information content (AvgIpc) is 3.22. The van der Waals surface area contributed by atoms with Crippen molar-refractivity contribution in [2.24, 2.45) is 5.73 Å². The number of nitrogens with two attached hydrogens (primary N) is 1. The molecule has 2 aromatic carbocycles. The van der Waals surface area contributed by atoms with Crippen LogP contribution in [0.3, 0.4) is 0 Å². The largest absolute Gasteiger partial charge is 0.420 e. The first-order chi connectivity index (χ1) is 14.9. The molecule has 1 unspecified atom stereocenters. The number of aromatic nitrogens is 2. The molecule has 5 rings (SSSR count). The summed E-state index contributed by atoms with van der Waals surface area (Å²) in [6.07, 6.45) is 0. The van der Waals surface area contributed by atoms with Gasteiger partial charge in [0.05, 0.1) is 12.1 Å². The normalized spacial score (nSPS) is 19.3. The van der Waals surface area contributed by atoms with Crippen LogP contribution in [0.1, 0.15) is 22.4 Å². The first kappa shape index (κ1) is 19.2. The van der Waals surface area contributed by atoms with Crippen molar-refractivity contribution in [3.05, 3.63) is 87.1 Å². The van der Waals surface area contributed by atoms with Crippen LogP contribution in [-0.4, -0.2) is 16.1 Å². The number of nitriles is 1. The zero-order valence-electron chi connectivity index (χ0n) is 16.2. The van der Waals surface area contributed by atoms with E-state index in [0.29, 0.717) is 22.5 Å². The third-order valence-corrected chi connectivity index (χ3v) is 6.13. The molecule has 1 aromatic heterocycles. The van der Waals surface area contributed by atoms with Gasteiger partial charge >= 0.3 is 0 Å². The molecule has 3 heterocycles. The molecule has 31 heavy (non-hydrogen) atoms. The van der Waals surface area contributed by atoms with Crippen LogP contribution in [0.25, 0.3) is 0 Å². The van der Waals surface area contributed by atoms with E-state index in [2.05, 4.69) is 16.3 Å². The molecule has 0 bridgehead atoms. The van der Waals surface area contributed by atoms with Crippen LogP contribution in [0.15, 0.2) is 53.9 Å². The van der Waals surface area contributed by atoms with E-state index in [-0.39, 0.29) is 34.5 Å². The number of fused-ring (bicyclic) bond motifs is 4. The van der Waals surface area contributed by atoms with E-state index in [1.807, 2.05) is 0 Å². The molecule has 7 nitrogen and oxygen atoms in total. The number of hydrogen-bond donors (Lipinski definition) is 2. The molecule has 0 radical (unpaired) electrons. The van der Waals surface area contributed by atoms with Crippen molar-refractivity contribution in [1.82, 2.24) is 10.2 Å². The number of rotatable bonds is 2. The SMILES string of the molecule is Cc1[nH]nc2c1C1(C(=O)N(Cc3c(F)cccc3Cl)c3ccccc31)C(C#N)=C(N)O2. The number of amides is 1. The molecule has 0 fully saturated rings. The van der Waals surface area contributed by atoms with E-state index < -0.39 is 17.1 Å². The molecule has 3 aromatic rings. The highest BCUT2D eigenvalue weighted by atomic mass is 35.5. The van der Waals surface area contributed by atoms with Gasteiger partial charge < -0.3 is 15.4 Å². The lowest BCUT2D eigenvalue weighted by atomic mass is 9.69. The molecule has 0 saturated carbocycles. The topological polar surface area (TPSA) is 108 Å². The molecule has 1 spiro atoms. The number of para-hydroxylation sites is 1. The van der Waals surface area contributed by atoms with Gasteiger partial charge in [-0.15, -0.1) is 5.10 Å². The van der Waals surface area contributed by atoms with Crippen LogP contribution in [-0.2, 0) is 16.8 Å². The number of carbonyl (C=O) groups is 1. The first-order valence-corrected chi connectivity index (χ1v) is 9.77. The van der Waals surface area contributed by atoms with Gasteiger partial charge in [-0.25, -0.2) is 4.39 Å². The fourth-order valence-corrected chi connectivity index (χ4v) is 4.68. The lowest BCUT2D eigenvalue weighted by Crippen LogP contribution is -2.46. The minimum Gasteiger partial charge on any atom is -0.420 e. The Hall–Kier alpha value is -3.83. The van der Waals surface area contributed by atoms with Crippen molar-refractivity contribution in [2.45, 2.75) is 18.9 Å². The Bertz CT molecular complexity index is 1320. The first-order valence-electron chi connectivity index (χ1n) is 9.39. The Labute approximate surface area is 181 Å². The third-order valence-electron chi connectivity index (χ3n) is 5.77. The summed E-state index contributed by atoms with van der Waals surface area (Å²) in [5, 5.41) is 17.1. The lowest BCUT2D eigenvalue weighted by molar-refractivity contribution is -0.121. The number of ether oxygens (including phenoxy) is 1. The van der Waals surface area contributed by atoms with Crippen molar-refractivity contribution in [1.29, 1.82) is 5.26 Å². The maximum Gasteiger partial charge on any atom is 0.248 e. The Balaban J connectivity index is 1.80. The molecule has 0 saturated heterocycles. The summed E-state index contributed by atoms with van der Waals surface area (Å²) in [6.45, 7) is 1.62. The van der Waals surface area contributed by atoms with Gasteiger partial charge in [0.2, 0.25) is 17.7 Å². The number of H-pyrrole nitrogens is 1. The quantitative estimate of drug-likeness (QED) is 0.641. The predicted octanol–water partition coefficient (Wildman–Crippen LogP) is 3.43. The summed E-state index contributed by atoms with van der Waals surface area (Å²) in [5.41, 5.74) is 6.69. The monoisotopic (exact) mass is 435 g/mol. The Kier molecular flexibility index (Phi) is 4.07. The highest BCUT2D eigenvalue weighted by Gasteiger charge is 2.60. The second-order valence-corrected chi connectivity index (χ2v) is 7.75. The van der Waals surface area contributed by atoms with E-state index in [1.54, 1.807) is 37.3 Å². The van der Waals surface area contributed by atoms with Gasteiger partial charge in [0, 0.05) is 27.5 Å². The minimum atomic E-state index is -1.56. The third kappa shape index (κ3) is 2.38. The van der Waals surface area contributed by atoms with Gasteiger partial charge in [0.25, 0.3) is 0 Å². The summed E-state index contributed by atoms with van der Waals surface area (Å²) in [7, 11) is 0. The molecule has 0 aliphatic carbocycles. The molecule has 1 atom stereocenters. The van der Waals surface area contributed by atoms with Crippen LogP contribution in [0, 0.1) is 24.1 Å². The van der Waals surface area contributed by atoms with E-state index >= 15 is 0 Å². The Morgan fingerprint density at radius 2 is 2.10 bits per heavy atom. The van der Waals surface area contributed by atoms with Gasteiger partial charge in [0.1, 0.15) is 22.9 Å². The number of halogens is 2. The van der Waals surface area contributed by atoms with Crippen LogP contribution in [0.4, 0.5) is 10.1 Å². The number of carbonyl (C=O) groups excluding carboxylic acids is 1. The van der Waals surface area contributed by atoms with Gasteiger partial charge in [-0.05, 0) is 25.1 Å². The van der Waals surface area contributed by atoms with E-state index in [0.717, 1.165) is 0 Å². The number of nitrogens with zero attached hydrogens (tertiary/aromatic N) is 3. The molecule has 2 aliphatic heterocycles. The lowest BCUT2D eigenvalue weighted by Gasteiger charge is -2.32. The highest BCUT2D eigenvalue weighted by molar-refractivity contribution is 6.31. The van der Waals surface area contributed by atoms with Crippen LogP contribution in [0.5, 0.6) is 5.88 Å². The minimum absolute atomic E-state index is 0.0379. The fourth-order valence-electron chi connectivity index (χ4n) is 4.46. The van der Waals surface area contributed by atoms with Crippen molar-refractivity contribution >= 4 is 23.2 Å². The average molecular weight is 436 g/mol. The smallest absolute Gasteiger partial charge is 0.248 e. The van der Waals surface area contributed by atoms with E-state index in [1.165, 1.54) is 17.0 Å². The van der Waals surface area contributed by atoms with Gasteiger partial charge in [-0.1, -0.05) is 35.9 Å². The van der Waals surface area contributed by atoms with Gasteiger partial charge in [0.15, 0.2) is 0 Å².